The summed E-state index contributed by atoms with van der Waals surface area (Å²) in [4.78, 5) is 2.21. The number of benzene rings is 1. The molecular weight excluding hydrogens is 243 g/mol. The van der Waals surface area contributed by atoms with Gasteiger partial charge in [0.25, 0.3) is 0 Å². The Morgan fingerprint density at radius 3 is 2.79 bits per heavy atom. The van der Waals surface area contributed by atoms with E-state index in [1.54, 1.807) is 12.1 Å². The van der Waals surface area contributed by atoms with E-state index in [0.717, 1.165) is 37.3 Å². The number of nitrogens with zero attached hydrogens (tertiary/aromatic N) is 1. The SMILES string of the molecule is CCCNC(C)c1c(F)cccc1N1CCOCC1. The molecule has 19 heavy (non-hydrogen) atoms. The molecule has 1 aromatic carbocycles. The molecule has 0 radical (unpaired) electrons. The molecule has 0 aliphatic carbocycles. The van der Waals surface area contributed by atoms with Gasteiger partial charge in [-0.1, -0.05) is 13.0 Å². The van der Waals surface area contributed by atoms with Crippen molar-refractivity contribution in [1.29, 1.82) is 0 Å². The molecule has 4 heteroatoms. The molecule has 2 rings (SSSR count). The summed E-state index contributed by atoms with van der Waals surface area (Å²) in [6.45, 7) is 8.13. The van der Waals surface area contributed by atoms with Gasteiger partial charge in [0.05, 0.1) is 13.2 Å². The third-order valence-electron chi connectivity index (χ3n) is 3.52. The fourth-order valence-electron chi connectivity index (χ4n) is 2.50. The zero-order valence-corrected chi connectivity index (χ0v) is 11.8. The van der Waals surface area contributed by atoms with Crippen molar-refractivity contribution in [1.82, 2.24) is 5.32 Å². The third-order valence-corrected chi connectivity index (χ3v) is 3.52. The number of hydrogen-bond donors (Lipinski definition) is 1. The first-order valence-electron chi connectivity index (χ1n) is 7.08. The maximum atomic E-state index is 14.2. The van der Waals surface area contributed by atoms with Crippen LogP contribution in [0.25, 0.3) is 0 Å². The number of ether oxygens (including phenoxy) is 1. The van der Waals surface area contributed by atoms with Gasteiger partial charge in [0, 0.05) is 30.4 Å². The highest BCUT2D eigenvalue weighted by atomic mass is 19.1. The minimum Gasteiger partial charge on any atom is -0.378 e. The number of nitrogens with one attached hydrogen (secondary N) is 1. The zero-order valence-electron chi connectivity index (χ0n) is 11.8. The van der Waals surface area contributed by atoms with Crippen molar-refractivity contribution in [2.24, 2.45) is 0 Å². The Morgan fingerprint density at radius 2 is 2.11 bits per heavy atom. The lowest BCUT2D eigenvalue weighted by molar-refractivity contribution is 0.122. The summed E-state index contributed by atoms with van der Waals surface area (Å²) in [7, 11) is 0. The van der Waals surface area contributed by atoms with Crippen LogP contribution in [0.2, 0.25) is 0 Å². The van der Waals surface area contributed by atoms with E-state index in [1.165, 1.54) is 0 Å². The van der Waals surface area contributed by atoms with Crippen LogP contribution < -0.4 is 10.2 Å². The summed E-state index contributed by atoms with van der Waals surface area (Å²) in [5.74, 6) is -0.125. The lowest BCUT2D eigenvalue weighted by Crippen LogP contribution is -2.37. The molecule has 1 unspecified atom stereocenters. The third kappa shape index (κ3) is 3.45. The molecule has 0 amide bonds. The molecule has 0 saturated carbocycles. The Labute approximate surface area is 114 Å². The van der Waals surface area contributed by atoms with Crippen LogP contribution in [0.4, 0.5) is 10.1 Å². The summed E-state index contributed by atoms with van der Waals surface area (Å²) in [6.07, 6.45) is 1.05. The van der Waals surface area contributed by atoms with E-state index >= 15 is 0 Å². The molecule has 0 spiro atoms. The van der Waals surface area contributed by atoms with E-state index in [2.05, 4.69) is 17.1 Å². The van der Waals surface area contributed by atoms with Crippen LogP contribution >= 0.6 is 0 Å². The molecule has 1 fully saturated rings. The zero-order chi connectivity index (χ0) is 13.7. The molecule has 1 saturated heterocycles. The van der Waals surface area contributed by atoms with E-state index in [-0.39, 0.29) is 11.9 Å². The largest absolute Gasteiger partial charge is 0.378 e. The van der Waals surface area contributed by atoms with Crippen molar-refractivity contribution in [2.75, 3.05) is 37.7 Å². The van der Waals surface area contributed by atoms with Crippen molar-refractivity contribution in [3.63, 3.8) is 0 Å². The van der Waals surface area contributed by atoms with Gasteiger partial charge < -0.3 is 15.0 Å². The first-order valence-corrected chi connectivity index (χ1v) is 7.08. The summed E-state index contributed by atoms with van der Waals surface area (Å²) in [5, 5.41) is 3.37. The molecule has 1 aliphatic heterocycles. The van der Waals surface area contributed by atoms with Gasteiger partial charge in [-0.15, -0.1) is 0 Å². The minimum atomic E-state index is -0.125. The Bertz CT molecular complexity index is 405. The monoisotopic (exact) mass is 266 g/mol. The minimum absolute atomic E-state index is 0.0268. The standard InChI is InChI=1S/C15H23FN2O/c1-3-7-17-12(2)15-13(16)5-4-6-14(15)18-8-10-19-11-9-18/h4-6,12,17H,3,7-11H2,1-2H3. The Morgan fingerprint density at radius 1 is 1.37 bits per heavy atom. The quantitative estimate of drug-likeness (QED) is 0.887. The topological polar surface area (TPSA) is 24.5 Å². The van der Waals surface area contributed by atoms with Crippen LogP contribution in [0.3, 0.4) is 0 Å². The second-order valence-corrected chi connectivity index (χ2v) is 4.95. The van der Waals surface area contributed by atoms with Crippen molar-refractivity contribution < 1.29 is 9.13 Å². The van der Waals surface area contributed by atoms with Crippen LogP contribution in [0.5, 0.6) is 0 Å². The average molecular weight is 266 g/mol. The van der Waals surface area contributed by atoms with E-state index in [4.69, 9.17) is 4.74 Å². The number of halogens is 1. The molecule has 3 nitrogen and oxygen atoms in total. The van der Waals surface area contributed by atoms with E-state index < -0.39 is 0 Å². The Balaban J connectivity index is 2.24. The Hall–Kier alpha value is -1.13. The maximum absolute atomic E-state index is 14.2. The van der Waals surface area contributed by atoms with Crippen LogP contribution in [-0.2, 0) is 4.74 Å². The molecule has 1 heterocycles. The van der Waals surface area contributed by atoms with Crippen molar-refractivity contribution in [3.05, 3.63) is 29.6 Å². The molecule has 1 aromatic rings. The summed E-state index contributed by atoms with van der Waals surface area (Å²) < 4.78 is 19.6. The van der Waals surface area contributed by atoms with Crippen molar-refractivity contribution in [2.45, 2.75) is 26.3 Å². The molecule has 1 N–H and O–H groups in total. The number of hydrogen-bond acceptors (Lipinski definition) is 3. The van der Waals surface area contributed by atoms with E-state index in [1.807, 2.05) is 13.0 Å². The highest BCUT2D eigenvalue weighted by Crippen LogP contribution is 2.29. The van der Waals surface area contributed by atoms with Gasteiger partial charge in [0.1, 0.15) is 5.82 Å². The van der Waals surface area contributed by atoms with Gasteiger partial charge in [-0.2, -0.15) is 0 Å². The smallest absolute Gasteiger partial charge is 0.130 e. The Kier molecular flexibility index (Phi) is 5.16. The first-order chi connectivity index (χ1) is 9.24. The van der Waals surface area contributed by atoms with Crippen LogP contribution in [0.1, 0.15) is 31.9 Å². The number of anilines is 1. The molecule has 1 aliphatic rings. The van der Waals surface area contributed by atoms with Crippen LogP contribution in [0, 0.1) is 5.82 Å². The number of morpholine rings is 1. The average Bonchev–Trinajstić information content (AvgIpc) is 2.45. The molecule has 106 valence electrons. The summed E-state index contributed by atoms with van der Waals surface area (Å²) in [6, 6.07) is 5.37. The maximum Gasteiger partial charge on any atom is 0.130 e. The molecule has 1 atom stereocenters. The predicted molar refractivity (Wildman–Crippen MR) is 76.1 cm³/mol. The lowest BCUT2D eigenvalue weighted by atomic mass is 10.0. The van der Waals surface area contributed by atoms with E-state index in [0.29, 0.717) is 13.2 Å². The molecule has 0 aromatic heterocycles. The molecule has 0 bridgehead atoms. The van der Waals surface area contributed by atoms with Gasteiger partial charge >= 0.3 is 0 Å². The fourth-order valence-corrected chi connectivity index (χ4v) is 2.50. The summed E-state index contributed by atoms with van der Waals surface area (Å²) in [5.41, 5.74) is 1.78. The van der Waals surface area contributed by atoms with Crippen molar-refractivity contribution in [3.8, 4) is 0 Å². The lowest BCUT2D eigenvalue weighted by Gasteiger charge is -2.32. The van der Waals surface area contributed by atoms with Crippen LogP contribution in [-0.4, -0.2) is 32.8 Å². The summed E-state index contributed by atoms with van der Waals surface area (Å²) >= 11 is 0. The first kappa shape index (κ1) is 14.3. The van der Waals surface area contributed by atoms with Gasteiger partial charge in [0.15, 0.2) is 0 Å². The number of rotatable bonds is 5. The highest BCUT2D eigenvalue weighted by molar-refractivity contribution is 5.55. The van der Waals surface area contributed by atoms with Crippen molar-refractivity contribution >= 4 is 5.69 Å². The predicted octanol–water partition coefficient (Wildman–Crippen LogP) is 2.72. The highest BCUT2D eigenvalue weighted by Gasteiger charge is 2.20. The normalized spacial score (nSPS) is 17.5. The van der Waals surface area contributed by atoms with Gasteiger partial charge in [-0.3, -0.25) is 0 Å². The fraction of sp³-hybridized carbons (Fsp3) is 0.600. The van der Waals surface area contributed by atoms with Gasteiger partial charge in [-0.25, -0.2) is 4.39 Å². The van der Waals surface area contributed by atoms with Gasteiger partial charge in [-0.05, 0) is 32.0 Å². The second kappa shape index (κ2) is 6.87. The second-order valence-electron chi connectivity index (χ2n) is 4.95. The molecular formula is C15H23FN2O. The van der Waals surface area contributed by atoms with Gasteiger partial charge in [0.2, 0.25) is 0 Å². The van der Waals surface area contributed by atoms with Crippen LogP contribution in [0.15, 0.2) is 18.2 Å². The van der Waals surface area contributed by atoms with E-state index in [9.17, 15) is 4.39 Å².